The molecule has 0 radical (unpaired) electrons. The van der Waals surface area contributed by atoms with Crippen LogP contribution in [0.15, 0.2) is 66.4 Å². The second-order valence-corrected chi connectivity index (χ2v) is 8.93. The summed E-state index contributed by atoms with van der Waals surface area (Å²) in [5.74, 6) is 0.624. The van der Waals surface area contributed by atoms with Crippen molar-refractivity contribution < 1.29 is 19.1 Å². The minimum absolute atomic E-state index is 0.0781. The summed E-state index contributed by atoms with van der Waals surface area (Å²) < 4.78 is 12.6. The minimum Gasteiger partial charge on any atom is -0.497 e. The first-order chi connectivity index (χ1) is 17.0. The maximum Gasteiger partial charge on any atom is 0.306 e. The number of esters is 1. The number of aromatic nitrogens is 1. The number of hydrogen-bond acceptors (Lipinski definition) is 4. The maximum atomic E-state index is 13.2. The molecule has 3 aromatic rings. The van der Waals surface area contributed by atoms with Crippen LogP contribution >= 0.6 is 0 Å². The number of carbonyl (C=O) groups excluding carboxylic acids is 2. The Morgan fingerprint density at radius 2 is 1.74 bits per heavy atom. The van der Waals surface area contributed by atoms with E-state index in [4.69, 9.17) is 9.47 Å². The molecule has 0 amide bonds. The van der Waals surface area contributed by atoms with Gasteiger partial charge in [-0.1, -0.05) is 62.6 Å². The molecular formula is C30H37NO4. The van der Waals surface area contributed by atoms with E-state index < -0.39 is 0 Å². The van der Waals surface area contributed by atoms with Gasteiger partial charge in [0, 0.05) is 35.6 Å². The Morgan fingerprint density at radius 1 is 0.971 bits per heavy atom. The van der Waals surface area contributed by atoms with Crippen LogP contribution in [0.4, 0.5) is 0 Å². The van der Waals surface area contributed by atoms with Crippen molar-refractivity contribution in [3.05, 3.63) is 77.5 Å². The van der Waals surface area contributed by atoms with Gasteiger partial charge in [0.05, 0.1) is 7.11 Å². The van der Waals surface area contributed by atoms with Crippen molar-refractivity contribution in [1.82, 2.24) is 4.57 Å². The molecule has 0 saturated heterocycles. The normalized spacial score (nSPS) is 11.6. The number of allylic oxidation sites excluding steroid dienone is 2. The van der Waals surface area contributed by atoms with Crippen LogP contribution in [0.2, 0.25) is 0 Å². The number of benzene rings is 2. The molecule has 186 valence electrons. The van der Waals surface area contributed by atoms with Crippen molar-refractivity contribution in [2.75, 3.05) is 7.11 Å². The monoisotopic (exact) mass is 475 g/mol. The summed E-state index contributed by atoms with van der Waals surface area (Å²) >= 11 is 0. The van der Waals surface area contributed by atoms with Gasteiger partial charge in [0.25, 0.3) is 0 Å². The van der Waals surface area contributed by atoms with Crippen LogP contribution in [-0.4, -0.2) is 23.4 Å². The van der Waals surface area contributed by atoms with Gasteiger partial charge in [0.15, 0.2) is 5.78 Å². The van der Waals surface area contributed by atoms with E-state index in [0.717, 1.165) is 46.2 Å². The standard InChI is InChI=1S/C30H37NO4/c1-4-5-6-7-8-12-23(2)30(33)27-21-31(28-14-10-9-13-26(27)28)20-11-15-29(32)35-22-24-16-18-25(34-3)19-17-24/h9-10,12-14,16-19,21H,4-8,11,15,20,22H2,1-3H3/b23-12+. The number of carbonyl (C=O) groups is 2. The molecule has 1 aromatic heterocycles. The van der Waals surface area contributed by atoms with E-state index in [0.29, 0.717) is 19.4 Å². The molecule has 0 fully saturated rings. The van der Waals surface area contributed by atoms with E-state index in [-0.39, 0.29) is 18.4 Å². The van der Waals surface area contributed by atoms with Crippen molar-refractivity contribution in [2.45, 2.75) is 71.9 Å². The van der Waals surface area contributed by atoms with Gasteiger partial charge in [-0.3, -0.25) is 9.59 Å². The fourth-order valence-electron chi connectivity index (χ4n) is 4.16. The lowest BCUT2D eigenvalue weighted by Gasteiger charge is -2.07. The van der Waals surface area contributed by atoms with Crippen LogP contribution in [-0.2, 0) is 22.7 Å². The first-order valence-corrected chi connectivity index (χ1v) is 12.6. The Labute approximate surface area is 208 Å². The summed E-state index contributed by atoms with van der Waals surface area (Å²) in [6.45, 7) is 5.00. The van der Waals surface area contributed by atoms with Crippen LogP contribution in [0, 0.1) is 0 Å². The van der Waals surface area contributed by atoms with E-state index in [1.165, 1.54) is 19.3 Å². The lowest BCUT2D eigenvalue weighted by atomic mass is 10.0. The SMILES string of the molecule is CCCCCC/C=C(\C)C(=O)c1cn(CCCC(=O)OCc2ccc(OC)cc2)c2ccccc12. The summed E-state index contributed by atoms with van der Waals surface area (Å²) in [5, 5.41) is 0.957. The largest absolute Gasteiger partial charge is 0.497 e. The molecule has 0 aliphatic heterocycles. The first kappa shape index (κ1) is 26.3. The third-order valence-electron chi connectivity index (χ3n) is 6.24. The number of methoxy groups -OCH3 is 1. The summed E-state index contributed by atoms with van der Waals surface area (Å²) in [4.78, 5) is 25.4. The van der Waals surface area contributed by atoms with Crippen LogP contribution in [0.1, 0.15) is 74.7 Å². The molecule has 35 heavy (non-hydrogen) atoms. The first-order valence-electron chi connectivity index (χ1n) is 12.6. The fourth-order valence-corrected chi connectivity index (χ4v) is 4.16. The highest BCUT2D eigenvalue weighted by molar-refractivity contribution is 6.16. The third kappa shape index (κ3) is 7.57. The molecule has 0 unspecified atom stereocenters. The predicted molar refractivity (Wildman–Crippen MR) is 141 cm³/mol. The second-order valence-electron chi connectivity index (χ2n) is 8.93. The molecule has 0 saturated carbocycles. The molecule has 0 aliphatic carbocycles. The third-order valence-corrected chi connectivity index (χ3v) is 6.24. The average Bonchev–Trinajstić information content (AvgIpc) is 3.25. The molecular weight excluding hydrogens is 438 g/mol. The summed E-state index contributed by atoms with van der Waals surface area (Å²) in [6, 6.07) is 15.4. The summed E-state index contributed by atoms with van der Waals surface area (Å²) in [6.07, 6.45) is 10.7. The smallest absolute Gasteiger partial charge is 0.306 e. The fraction of sp³-hybridized carbons (Fsp3) is 0.400. The highest BCUT2D eigenvalue weighted by Gasteiger charge is 2.16. The van der Waals surface area contributed by atoms with Gasteiger partial charge in [-0.15, -0.1) is 0 Å². The predicted octanol–water partition coefficient (Wildman–Crippen LogP) is 7.27. The zero-order chi connectivity index (χ0) is 25.0. The quantitative estimate of drug-likeness (QED) is 0.106. The molecule has 0 N–H and O–H groups in total. The van der Waals surface area contributed by atoms with Crippen LogP contribution in [0.25, 0.3) is 10.9 Å². The van der Waals surface area contributed by atoms with Gasteiger partial charge >= 0.3 is 5.97 Å². The second kappa shape index (κ2) is 13.5. The van der Waals surface area contributed by atoms with Gasteiger partial charge in [0.1, 0.15) is 12.4 Å². The molecule has 0 atom stereocenters. The topological polar surface area (TPSA) is 57.5 Å². The molecule has 0 spiro atoms. The Balaban J connectivity index is 1.56. The van der Waals surface area contributed by atoms with E-state index >= 15 is 0 Å². The van der Waals surface area contributed by atoms with Crippen molar-refractivity contribution in [3.8, 4) is 5.75 Å². The lowest BCUT2D eigenvalue weighted by Crippen LogP contribution is -2.06. The number of ketones is 1. The van der Waals surface area contributed by atoms with Gasteiger partial charge in [-0.05, 0) is 55.5 Å². The number of ether oxygens (including phenoxy) is 2. The van der Waals surface area contributed by atoms with Crippen LogP contribution in [0.5, 0.6) is 5.75 Å². The number of unbranched alkanes of at least 4 members (excludes halogenated alkanes) is 4. The molecule has 5 nitrogen and oxygen atoms in total. The van der Waals surface area contributed by atoms with Gasteiger partial charge in [-0.2, -0.15) is 0 Å². The van der Waals surface area contributed by atoms with Crippen molar-refractivity contribution in [2.24, 2.45) is 0 Å². The summed E-state index contributed by atoms with van der Waals surface area (Å²) in [7, 11) is 1.62. The highest BCUT2D eigenvalue weighted by atomic mass is 16.5. The Hall–Kier alpha value is -3.34. The number of rotatable bonds is 14. The molecule has 1 heterocycles. The molecule has 2 aromatic carbocycles. The molecule has 0 bridgehead atoms. The maximum absolute atomic E-state index is 13.2. The van der Waals surface area contributed by atoms with Gasteiger partial charge in [-0.25, -0.2) is 0 Å². The van der Waals surface area contributed by atoms with Gasteiger partial charge in [0.2, 0.25) is 0 Å². The number of aryl methyl sites for hydroxylation is 1. The number of fused-ring (bicyclic) bond motifs is 1. The van der Waals surface area contributed by atoms with E-state index in [2.05, 4.69) is 17.6 Å². The highest BCUT2D eigenvalue weighted by Crippen LogP contribution is 2.25. The number of hydrogen-bond donors (Lipinski definition) is 0. The van der Waals surface area contributed by atoms with Crippen molar-refractivity contribution in [1.29, 1.82) is 0 Å². The Kier molecular flexibility index (Phi) is 10.1. The van der Waals surface area contributed by atoms with E-state index in [9.17, 15) is 9.59 Å². The number of Topliss-reactive ketones (excluding diaryl/α,β-unsaturated/α-hetero) is 1. The molecule has 0 aliphatic rings. The van der Waals surface area contributed by atoms with Gasteiger partial charge < -0.3 is 14.0 Å². The van der Waals surface area contributed by atoms with E-state index in [1.54, 1.807) is 7.11 Å². The average molecular weight is 476 g/mol. The molecule has 3 rings (SSSR count). The number of para-hydroxylation sites is 1. The number of nitrogens with zero attached hydrogens (tertiary/aromatic N) is 1. The zero-order valence-corrected chi connectivity index (χ0v) is 21.2. The summed E-state index contributed by atoms with van der Waals surface area (Å²) in [5.41, 5.74) is 3.46. The Morgan fingerprint density at radius 3 is 2.49 bits per heavy atom. The van der Waals surface area contributed by atoms with Crippen LogP contribution in [0.3, 0.4) is 0 Å². The van der Waals surface area contributed by atoms with E-state index in [1.807, 2.05) is 61.7 Å². The lowest BCUT2D eigenvalue weighted by molar-refractivity contribution is -0.145. The van der Waals surface area contributed by atoms with Crippen molar-refractivity contribution >= 4 is 22.7 Å². The minimum atomic E-state index is -0.226. The Bertz CT molecular complexity index is 1140. The zero-order valence-electron chi connectivity index (χ0n) is 21.2. The molecule has 5 heteroatoms. The van der Waals surface area contributed by atoms with Crippen molar-refractivity contribution in [3.63, 3.8) is 0 Å². The van der Waals surface area contributed by atoms with Crippen LogP contribution < -0.4 is 4.74 Å².